The van der Waals surface area contributed by atoms with Gasteiger partial charge < -0.3 is 30.2 Å². The first-order chi connectivity index (χ1) is 16.3. The number of alkyl halides is 6. The fourth-order valence-corrected chi connectivity index (χ4v) is 9.77. The van der Waals surface area contributed by atoms with Gasteiger partial charge in [0, 0.05) is 36.9 Å². The van der Waals surface area contributed by atoms with Crippen LogP contribution in [0.25, 0.3) is 0 Å². The van der Waals surface area contributed by atoms with Gasteiger partial charge in [-0.15, -0.1) is 0 Å². The molecule has 3 unspecified atom stereocenters. The maximum atomic E-state index is 10.5. The van der Waals surface area contributed by atoms with Gasteiger partial charge in [-0.2, -0.15) is 0 Å². The van der Waals surface area contributed by atoms with Crippen molar-refractivity contribution < 1.29 is 39.3 Å². The number of aliphatic hydroxyl groups is 4. The first-order valence-electron chi connectivity index (χ1n) is 11.0. The van der Waals surface area contributed by atoms with E-state index in [2.05, 4.69) is 100 Å². The smallest absolute Gasteiger partial charge is 0.396 e. The minimum Gasteiger partial charge on any atom is -0.396 e. The molecular formula is C20H39Br6O8P. The van der Waals surface area contributed by atoms with Crippen LogP contribution in [0.4, 0.5) is 0 Å². The summed E-state index contributed by atoms with van der Waals surface area (Å²) in [7, 11) is -4.64. The van der Waals surface area contributed by atoms with Gasteiger partial charge in [-0.1, -0.05) is 95.6 Å². The Labute approximate surface area is 259 Å². The molecule has 15 heteroatoms. The van der Waals surface area contributed by atoms with E-state index in [0.717, 1.165) is 58.8 Å². The molecule has 0 rings (SSSR count). The topological polar surface area (TPSA) is 148 Å². The SMILES string of the molecule is CC(O)C(CCBr)C(Br)(CCBr)C(CCBr)(CCBr)CCBr.O=P(O)(O)OCC(CO)(CO)CO. The third kappa shape index (κ3) is 13.8. The molecule has 0 radical (unpaired) electrons. The van der Waals surface area contributed by atoms with Gasteiger partial charge in [-0.05, 0) is 44.4 Å². The fourth-order valence-electron chi connectivity index (χ4n) is 4.00. The highest BCUT2D eigenvalue weighted by molar-refractivity contribution is 9.10. The van der Waals surface area contributed by atoms with Crippen LogP contribution >= 0.6 is 103 Å². The molecule has 0 aromatic heterocycles. The Bertz CT molecular complexity index is 557. The molecule has 0 amide bonds. The van der Waals surface area contributed by atoms with E-state index in [1.54, 1.807) is 0 Å². The van der Waals surface area contributed by atoms with Gasteiger partial charge in [-0.25, -0.2) is 4.57 Å². The van der Waals surface area contributed by atoms with Crippen molar-refractivity contribution in [3.63, 3.8) is 0 Å². The van der Waals surface area contributed by atoms with Crippen molar-refractivity contribution in [3.05, 3.63) is 0 Å². The second-order valence-electron chi connectivity index (χ2n) is 8.46. The maximum absolute atomic E-state index is 10.5. The lowest BCUT2D eigenvalue weighted by atomic mass is 9.61. The molecule has 0 aromatic rings. The van der Waals surface area contributed by atoms with E-state index in [1.165, 1.54) is 0 Å². The van der Waals surface area contributed by atoms with Crippen LogP contribution in [-0.2, 0) is 9.09 Å². The van der Waals surface area contributed by atoms with Crippen LogP contribution in [0.1, 0.15) is 39.0 Å². The van der Waals surface area contributed by atoms with Crippen LogP contribution in [0.15, 0.2) is 0 Å². The van der Waals surface area contributed by atoms with E-state index in [1.807, 2.05) is 6.92 Å². The molecule has 0 aliphatic carbocycles. The van der Waals surface area contributed by atoms with Gasteiger partial charge in [0.05, 0.1) is 37.9 Å². The average molecular weight is 918 g/mol. The van der Waals surface area contributed by atoms with Crippen molar-refractivity contribution in [2.24, 2.45) is 16.7 Å². The van der Waals surface area contributed by atoms with Crippen molar-refractivity contribution in [1.82, 2.24) is 0 Å². The Morgan fingerprint density at radius 1 is 0.800 bits per heavy atom. The van der Waals surface area contributed by atoms with Crippen LogP contribution in [0.2, 0.25) is 0 Å². The molecule has 0 saturated heterocycles. The number of aliphatic hydroxyl groups excluding tert-OH is 4. The number of rotatable bonds is 19. The molecular weight excluding hydrogens is 879 g/mol. The summed E-state index contributed by atoms with van der Waals surface area (Å²) in [5.41, 5.74) is -1.29. The first-order valence-corrected chi connectivity index (χ1v) is 18.9. The van der Waals surface area contributed by atoms with Gasteiger partial charge in [-0.3, -0.25) is 4.52 Å². The molecule has 6 N–H and O–H groups in total. The van der Waals surface area contributed by atoms with Crippen molar-refractivity contribution in [3.8, 4) is 0 Å². The van der Waals surface area contributed by atoms with Crippen LogP contribution in [-0.4, -0.2) is 93.7 Å². The Hall–Kier alpha value is 2.83. The number of phosphoric ester groups is 1. The Balaban J connectivity index is 0. The summed E-state index contributed by atoms with van der Waals surface area (Å²) >= 11 is 22.4. The van der Waals surface area contributed by atoms with E-state index in [-0.39, 0.29) is 21.8 Å². The molecule has 0 bridgehead atoms. The quantitative estimate of drug-likeness (QED) is 0.0777. The summed E-state index contributed by atoms with van der Waals surface area (Å²) in [6.07, 6.45) is 4.90. The van der Waals surface area contributed by atoms with Crippen LogP contribution in [0.5, 0.6) is 0 Å². The number of hydrogen-bond acceptors (Lipinski definition) is 6. The fraction of sp³-hybridized carbons (Fsp3) is 1.00. The van der Waals surface area contributed by atoms with E-state index in [4.69, 9.17) is 25.1 Å². The lowest BCUT2D eigenvalue weighted by Gasteiger charge is -2.53. The molecule has 0 aliphatic rings. The molecule has 0 aromatic carbocycles. The van der Waals surface area contributed by atoms with Crippen molar-refractivity contribution in [2.75, 3.05) is 53.1 Å². The summed E-state index contributed by atoms with van der Waals surface area (Å²) < 4.78 is 14.2. The highest BCUT2D eigenvalue weighted by Gasteiger charge is 2.53. The highest BCUT2D eigenvalue weighted by Crippen LogP contribution is 2.56. The lowest BCUT2D eigenvalue weighted by molar-refractivity contribution is -0.0318. The van der Waals surface area contributed by atoms with Crippen LogP contribution < -0.4 is 0 Å². The molecule has 0 saturated carbocycles. The highest BCUT2D eigenvalue weighted by atomic mass is 79.9. The monoisotopic (exact) mass is 912 g/mol. The summed E-state index contributed by atoms with van der Waals surface area (Å²) in [5, 5.41) is 41.4. The normalized spacial score (nSPS) is 16.3. The number of phosphoric acid groups is 1. The summed E-state index contributed by atoms with van der Waals surface area (Å²) in [6, 6.07) is 0. The zero-order chi connectivity index (χ0) is 27.8. The molecule has 0 heterocycles. The van der Waals surface area contributed by atoms with Crippen LogP contribution in [0, 0.1) is 16.7 Å². The van der Waals surface area contributed by atoms with E-state index in [0.29, 0.717) is 0 Å². The minimum absolute atomic E-state index is 0.0965. The first kappa shape index (κ1) is 40.0. The lowest BCUT2D eigenvalue weighted by Crippen LogP contribution is -2.53. The van der Waals surface area contributed by atoms with Gasteiger partial charge in [0.15, 0.2) is 0 Å². The maximum Gasteiger partial charge on any atom is 0.469 e. The van der Waals surface area contributed by atoms with Crippen molar-refractivity contribution >= 4 is 103 Å². The predicted molar refractivity (Wildman–Crippen MR) is 163 cm³/mol. The standard InChI is InChI=1S/C15H26Br6O.C5H13O7P/c1-12(22)13(2-7-16)15(21,6-11-20)14(3-8-17,4-9-18)5-10-19;6-1-5(2-7,3-8)4-12-13(9,10)11/h12-13,22H,2-11H2,1H3;6-8H,1-4H2,(H2,9,10,11). The van der Waals surface area contributed by atoms with Crippen LogP contribution in [0.3, 0.4) is 0 Å². The summed E-state index contributed by atoms with van der Waals surface area (Å²) in [4.78, 5) is 16.6. The summed E-state index contributed by atoms with van der Waals surface area (Å²) in [6.45, 7) is -0.556. The molecule has 214 valence electrons. The Kier molecular flexibility index (Phi) is 23.6. The average Bonchev–Trinajstić information content (AvgIpc) is 2.79. The molecule has 3 atom stereocenters. The van der Waals surface area contributed by atoms with E-state index < -0.39 is 39.7 Å². The van der Waals surface area contributed by atoms with Gasteiger partial charge in [0.25, 0.3) is 0 Å². The Morgan fingerprint density at radius 3 is 1.46 bits per heavy atom. The molecule has 0 spiro atoms. The van der Waals surface area contributed by atoms with Gasteiger partial charge in [0.1, 0.15) is 0 Å². The van der Waals surface area contributed by atoms with Gasteiger partial charge in [0.2, 0.25) is 0 Å². The van der Waals surface area contributed by atoms with Gasteiger partial charge >= 0.3 is 7.82 Å². The van der Waals surface area contributed by atoms with E-state index >= 15 is 0 Å². The number of hydrogen-bond donors (Lipinski definition) is 6. The predicted octanol–water partition coefficient (Wildman–Crippen LogP) is 5.09. The van der Waals surface area contributed by atoms with Crippen molar-refractivity contribution in [1.29, 1.82) is 0 Å². The third-order valence-electron chi connectivity index (χ3n) is 6.19. The molecule has 8 nitrogen and oxygen atoms in total. The molecule has 0 fully saturated rings. The zero-order valence-corrected chi connectivity index (χ0v) is 30.2. The Morgan fingerprint density at radius 2 is 1.20 bits per heavy atom. The van der Waals surface area contributed by atoms with Crippen molar-refractivity contribution in [2.45, 2.75) is 49.5 Å². The largest absolute Gasteiger partial charge is 0.469 e. The second-order valence-corrected chi connectivity index (χ2v) is 15.1. The second kappa shape index (κ2) is 20.7. The van der Waals surface area contributed by atoms with E-state index in [9.17, 15) is 9.67 Å². The molecule has 35 heavy (non-hydrogen) atoms. The number of halogens is 6. The third-order valence-corrected chi connectivity index (χ3v) is 10.5. The minimum atomic E-state index is -4.64. The zero-order valence-electron chi connectivity index (χ0n) is 19.8. The summed E-state index contributed by atoms with van der Waals surface area (Å²) in [5.74, 6) is 0.210. The molecule has 0 aliphatic heterocycles.